The summed E-state index contributed by atoms with van der Waals surface area (Å²) in [6, 6.07) is 1.66. The number of sulfonamides is 1. The van der Waals surface area contributed by atoms with E-state index in [9.17, 15) is 8.42 Å². The summed E-state index contributed by atoms with van der Waals surface area (Å²) in [7, 11) is -1.52. The van der Waals surface area contributed by atoms with Crippen molar-refractivity contribution in [2.24, 2.45) is 12.8 Å². The van der Waals surface area contributed by atoms with Crippen LogP contribution < -0.4 is 5.73 Å². The molecule has 7 heteroatoms. The normalized spacial score (nSPS) is 18.5. The van der Waals surface area contributed by atoms with E-state index in [2.05, 4.69) is 0 Å². The van der Waals surface area contributed by atoms with Gasteiger partial charge in [0, 0.05) is 50.1 Å². The lowest BCUT2D eigenvalue weighted by Crippen LogP contribution is -2.37. The highest BCUT2D eigenvalue weighted by Crippen LogP contribution is 2.21. The number of aryl methyl sites for hydroxylation is 1. The summed E-state index contributed by atoms with van der Waals surface area (Å²) in [5, 5.41) is 0. The van der Waals surface area contributed by atoms with Crippen molar-refractivity contribution in [1.29, 1.82) is 0 Å². The predicted molar refractivity (Wildman–Crippen MR) is 69.4 cm³/mol. The number of aromatic nitrogens is 1. The Balaban J connectivity index is 2.30. The number of hydrogen-bond donors (Lipinski definition) is 1. The van der Waals surface area contributed by atoms with Gasteiger partial charge in [-0.05, 0) is 6.07 Å². The van der Waals surface area contributed by atoms with E-state index < -0.39 is 10.0 Å². The molecule has 1 aliphatic rings. The van der Waals surface area contributed by atoms with Gasteiger partial charge in [0.25, 0.3) is 0 Å². The first kappa shape index (κ1) is 12.9. The first-order valence-corrected chi connectivity index (χ1v) is 8.08. The molecule has 5 nitrogen and oxygen atoms in total. The molecule has 2 rings (SSSR count). The zero-order chi connectivity index (χ0) is 12.5. The van der Waals surface area contributed by atoms with Crippen LogP contribution in [0.15, 0.2) is 17.2 Å². The Bertz CT molecular complexity index is 490. The van der Waals surface area contributed by atoms with Crippen LogP contribution in [0.3, 0.4) is 0 Å². The molecule has 0 aromatic carbocycles. The lowest BCUT2D eigenvalue weighted by atomic mass is 10.4. The molecule has 1 saturated heterocycles. The van der Waals surface area contributed by atoms with Crippen LogP contribution in [0.25, 0.3) is 0 Å². The van der Waals surface area contributed by atoms with Crippen molar-refractivity contribution >= 4 is 21.8 Å². The van der Waals surface area contributed by atoms with Crippen molar-refractivity contribution in [3.8, 4) is 0 Å². The molecule has 2 heterocycles. The van der Waals surface area contributed by atoms with Crippen LogP contribution in [0.4, 0.5) is 0 Å². The molecule has 0 amide bonds. The van der Waals surface area contributed by atoms with Gasteiger partial charge in [0.2, 0.25) is 10.0 Å². The third-order valence-electron chi connectivity index (χ3n) is 2.90. The molecular formula is C10H17N3O2S2. The van der Waals surface area contributed by atoms with Crippen molar-refractivity contribution in [3.63, 3.8) is 0 Å². The van der Waals surface area contributed by atoms with E-state index in [1.807, 2.05) is 7.05 Å². The number of nitrogens with two attached hydrogens (primary N) is 1. The molecule has 1 aromatic rings. The van der Waals surface area contributed by atoms with E-state index >= 15 is 0 Å². The van der Waals surface area contributed by atoms with E-state index in [1.54, 1.807) is 32.9 Å². The quantitative estimate of drug-likeness (QED) is 0.857. The van der Waals surface area contributed by atoms with Crippen LogP contribution in [0.2, 0.25) is 0 Å². The minimum atomic E-state index is -3.33. The third-order valence-corrected chi connectivity index (χ3v) is 5.71. The molecule has 0 bridgehead atoms. The molecule has 17 heavy (non-hydrogen) atoms. The summed E-state index contributed by atoms with van der Waals surface area (Å²) in [4.78, 5) is 0.354. The highest BCUT2D eigenvalue weighted by atomic mass is 32.2. The van der Waals surface area contributed by atoms with Gasteiger partial charge in [0.15, 0.2) is 0 Å². The molecule has 0 radical (unpaired) electrons. The van der Waals surface area contributed by atoms with Gasteiger partial charge in [-0.1, -0.05) is 0 Å². The number of hydrogen-bond acceptors (Lipinski definition) is 4. The van der Waals surface area contributed by atoms with Crippen molar-refractivity contribution in [2.45, 2.75) is 11.4 Å². The molecule has 96 valence electrons. The van der Waals surface area contributed by atoms with Gasteiger partial charge in [0.05, 0.1) is 0 Å². The molecule has 0 aliphatic carbocycles. The molecule has 0 unspecified atom stereocenters. The molecule has 0 spiro atoms. The molecule has 1 aliphatic heterocycles. The summed E-state index contributed by atoms with van der Waals surface area (Å²) in [6.07, 6.45) is 1.64. The molecule has 2 N–H and O–H groups in total. The van der Waals surface area contributed by atoms with Crippen LogP contribution in [-0.2, 0) is 23.6 Å². The largest absolute Gasteiger partial charge is 0.352 e. The van der Waals surface area contributed by atoms with Gasteiger partial charge in [0.1, 0.15) is 4.90 Å². The standard InChI is InChI=1S/C10H17N3O2S2/c1-12-8-10(6-9(12)7-11)17(14,15)13-2-4-16-5-3-13/h6,8H,2-5,7,11H2,1H3. The van der Waals surface area contributed by atoms with Gasteiger partial charge in [-0.15, -0.1) is 0 Å². The second kappa shape index (κ2) is 5.01. The minimum Gasteiger partial charge on any atom is -0.352 e. The SMILES string of the molecule is Cn1cc(S(=O)(=O)N2CCSCC2)cc1CN. The summed E-state index contributed by atoms with van der Waals surface area (Å²) in [6.45, 7) is 1.54. The van der Waals surface area contributed by atoms with Crippen molar-refractivity contribution in [3.05, 3.63) is 18.0 Å². The zero-order valence-corrected chi connectivity index (χ0v) is 11.4. The monoisotopic (exact) mass is 275 g/mol. The maximum absolute atomic E-state index is 12.3. The smallest absolute Gasteiger partial charge is 0.244 e. The number of rotatable bonds is 3. The van der Waals surface area contributed by atoms with Crippen LogP contribution in [0.1, 0.15) is 5.69 Å². The average Bonchev–Trinajstić information content (AvgIpc) is 2.72. The summed E-state index contributed by atoms with van der Waals surface area (Å²) in [5.74, 6) is 1.74. The highest BCUT2D eigenvalue weighted by Gasteiger charge is 2.27. The molecular weight excluding hydrogens is 258 g/mol. The summed E-state index contributed by atoms with van der Waals surface area (Å²) < 4.78 is 28.0. The first-order chi connectivity index (χ1) is 8.05. The highest BCUT2D eigenvalue weighted by molar-refractivity contribution is 7.99. The van der Waals surface area contributed by atoms with E-state index in [0.29, 0.717) is 24.5 Å². The second-order valence-electron chi connectivity index (χ2n) is 4.00. The first-order valence-electron chi connectivity index (χ1n) is 5.49. The van der Waals surface area contributed by atoms with Crippen LogP contribution in [-0.4, -0.2) is 41.9 Å². The van der Waals surface area contributed by atoms with Crippen LogP contribution >= 0.6 is 11.8 Å². The van der Waals surface area contributed by atoms with Gasteiger partial charge in [-0.25, -0.2) is 8.42 Å². The number of thioether (sulfide) groups is 1. The summed E-state index contributed by atoms with van der Waals surface area (Å²) in [5.41, 5.74) is 6.38. The van der Waals surface area contributed by atoms with Crippen molar-refractivity contribution < 1.29 is 8.42 Å². The van der Waals surface area contributed by atoms with E-state index in [4.69, 9.17) is 5.73 Å². The van der Waals surface area contributed by atoms with Gasteiger partial charge >= 0.3 is 0 Å². The third kappa shape index (κ3) is 2.52. The zero-order valence-electron chi connectivity index (χ0n) is 9.80. The minimum absolute atomic E-state index is 0.349. The van der Waals surface area contributed by atoms with E-state index in [1.165, 1.54) is 0 Å². The Morgan fingerprint density at radius 3 is 2.59 bits per heavy atom. The van der Waals surface area contributed by atoms with Crippen LogP contribution in [0, 0.1) is 0 Å². The Morgan fingerprint density at radius 1 is 1.41 bits per heavy atom. The predicted octanol–water partition coefficient (Wildman–Crippen LogP) is 0.221. The molecule has 0 saturated carbocycles. The van der Waals surface area contributed by atoms with Crippen molar-refractivity contribution in [1.82, 2.24) is 8.87 Å². The van der Waals surface area contributed by atoms with E-state index in [-0.39, 0.29) is 0 Å². The number of nitrogens with zero attached hydrogens (tertiary/aromatic N) is 2. The Morgan fingerprint density at radius 2 is 2.06 bits per heavy atom. The van der Waals surface area contributed by atoms with Gasteiger partial charge in [-0.2, -0.15) is 16.1 Å². The molecule has 0 atom stereocenters. The summed E-state index contributed by atoms with van der Waals surface area (Å²) >= 11 is 1.79. The topological polar surface area (TPSA) is 68.3 Å². The fraction of sp³-hybridized carbons (Fsp3) is 0.600. The fourth-order valence-corrected chi connectivity index (χ4v) is 4.53. The second-order valence-corrected chi connectivity index (χ2v) is 7.16. The van der Waals surface area contributed by atoms with Gasteiger partial charge < -0.3 is 10.3 Å². The van der Waals surface area contributed by atoms with Crippen molar-refractivity contribution in [2.75, 3.05) is 24.6 Å². The maximum atomic E-state index is 12.3. The van der Waals surface area contributed by atoms with E-state index in [0.717, 1.165) is 17.2 Å². The lowest BCUT2D eigenvalue weighted by molar-refractivity contribution is 0.443. The maximum Gasteiger partial charge on any atom is 0.244 e. The van der Waals surface area contributed by atoms with Gasteiger partial charge in [-0.3, -0.25) is 0 Å². The molecule has 1 fully saturated rings. The molecule has 1 aromatic heterocycles. The Hall–Kier alpha value is -0.500. The average molecular weight is 275 g/mol. The Labute approximate surface area is 106 Å². The fourth-order valence-electron chi connectivity index (χ4n) is 1.86. The van der Waals surface area contributed by atoms with Crippen LogP contribution in [0.5, 0.6) is 0 Å². The lowest BCUT2D eigenvalue weighted by Gasteiger charge is -2.24. The Kier molecular flexibility index (Phi) is 3.82.